The number of carbonyl (C=O) groups excluding carboxylic acids is 1. The van der Waals surface area contributed by atoms with Gasteiger partial charge < -0.3 is 9.47 Å². The molecule has 0 atom stereocenters. The summed E-state index contributed by atoms with van der Waals surface area (Å²) >= 11 is 0. The van der Waals surface area contributed by atoms with Crippen molar-refractivity contribution in [1.29, 1.82) is 0 Å². The van der Waals surface area contributed by atoms with Gasteiger partial charge in [-0.15, -0.1) is 0 Å². The van der Waals surface area contributed by atoms with E-state index < -0.39 is 0 Å². The van der Waals surface area contributed by atoms with Gasteiger partial charge in [-0.2, -0.15) is 0 Å². The Morgan fingerprint density at radius 2 is 2.13 bits per heavy atom. The second-order valence-corrected chi connectivity index (χ2v) is 3.19. The highest BCUT2D eigenvalue weighted by molar-refractivity contribution is 5.75. The average molecular weight is 208 g/mol. The van der Waals surface area contributed by atoms with Crippen LogP contribution in [0.1, 0.15) is 22.8 Å². The van der Waals surface area contributed by atoms with Crippen LogP contribution in [0.25, 0.3) is 0 Å². The zero-order valence-electron chi connectivity index (χ0n) is 9.16. The molecule has 15 heavy (non-hydrogen) atoms. The molecule has 0 aliphatic carbocycles. The predicted molar refractivity (Wildman–Crippen MR) is 58.6 cm³/mol. The smallest absolute Gasteiger partial charge is 0.150 e. The molecule has 1 rings (SSSR count). The molecule has 0 aromatic heterocycles. The fourth-order valence-corrected chi connectivity index (χ4v) is 1.26. The number of aryl methyl sites for hydroxylation is 1. The molecule has 3 nitrogen and oxygen atoms in total. The molecular weight excluding hydrogens is 192 g/mol. The molecule has 0 heterocycles. The molecule has 0 fully saturated rings. The van der Waals surface area contributed by atoms with Crippen LogP contribution in [0.2, 0.25) is 0 Å². The molecule has 0 amide bonds. The summed E-state index contributed by atoms with van der Waals surface area (Å²) in [5.74, 6) is 0.806. The summed E-state index contributed by atoms with van der Waals surface area (Å²) < 4.78 is 10.7. The Bertz CT molecular complexity index is 321. The van der Waals surface area contributed by atoms with Crippen molar-refractivity contribution >= 4 is 6.29 Å². The predicted octanol–water partition coefficient (Wildman–Crippen LogP) is 2.22. The fraction of sp³-hybridized carbons (Fsp3) is 0.417. The van der Waals surface area contributed by atoms with Gasteiger partial charge in [0.15, 0.2) is 0 Å². The average Bonchev–Trinajstić information content (AvgIpc) is 2.26. The van der Waals surface area contributed by atoms with E-state index in [9.17, 15) is 4.79 Å². The molecule has 0 spiro atoms. The Morgan fingerprint density at radius 3 is 2.73 bits per heavy atom. The van der Waals surface area contributed by atoms with Crippen LogP contribution >= 0.6 is 0 Å². The zero-order valence-corrected chi connectivity index (χ0v) is 9.16. The van der Waals surface area contributed by atoms with Crippen molar-refractivity contribution in [2.24, 2.45) is 0 Å². The molecule has 0 bridgehead atoms. The zero-order chi connectivity index (χ0) is 11.1. The van der Waals surface area contributed by atoms with Crippen molar-refractivity contribution in [3.05, 3.63) is 29.3 Å². The van der Waals surface area contributed by atoms with E-state index in [0.717, 1.165) is 17.6 Å². The van der Waals surface area contributed by atoms with Crippen molar-refractivity contribution in [2.75, 3.05) is 19.8 Å². The van der Waals surface area contributed by atoms with Crippen LogP contribution in [0.4, 0.5) is 0 Å². The Labute approximate surface area is 90.0 Å². The van der Waals surface area contributed by atoms with Gasteiger partial charge >= 0.3 is 0 Å². The summed E-state index contributed by atoms with van der Waals surface area (Å²) in [5.41, 5.74) is 1.64. The molecule has 82 valence electrons. The van der Waals surface area contributed by atoms with E-state index in [1.807, 2.05) is 26.0 Å². The first-order chi connectivity index (χ1) is 7.27. The third-order valence-corrected chi connectivity index (χ3v) is 2.02. The Balaban J connectivity index is 2.50. The number of benzene rings is 1. The molecule has 1 aromatic rings. The second kappa shape index (κ2) is 6.19. The van der Waals surface area contributed by atoms with E-state index in [2.05, 4.69) is 0 Å². The lowest BCUT2D eigenvalue weighted by Crippen LogP contribution is -2.07. The van der Waals surface area contributed by atoms with Crippen LogP contribution in [-0.4, -0.2) is 26.1 Å². The lowest BCUT2D eigenvalue weighted by molar-refractivity contribution is 0.109. The van der Waals surface area contributed by atoms with Gasteiger partial charge in [0.25, 0.3) is 0 Å². The summed E-state index contributed by atoms with van der Waals surface area (Å²) in [6.07, 6.45) is 0.830. The van der Waals surface area contributed by atoms with E-state index in [-0.39, 0.29) is 0 Å². The van der Waals surface area contributed by atoms with Crippen LogP contribution in [0.3, 0.4) is 0 Å². The molecule has 0 N–H and O–H groups in total. The molecule has 1 aromatic carbocycles. The van der Waals surface area contributed by atoms with Crippen molar-refractivity contribution in [3.63, 3.8) is 0 Å². The monoisotopic (exact) mass is 208 g/mol. The largest absolute Gasteiger partial charge is 0.491 e. The Kier molecular flexibility index (Phi) is 4.84. The standard InChI is InChI=1S/C12H16O3/c1-3-14-6-7-15-12-5-4-11(9-13)8-10(12)2/h4-5,8-9H,3,6-7H2,1-2H3. The summed E-state index contributed by atoms with van der Waals surface area (Å²) in [6.45, 7) is 5.69. The SMILES string of the molecule is CCOCCOc1ccc(C=O)cc1C. The van der Waals surface area contributed by atoms with Gasteiger partial charge in [-0.3, -0.25) is 4.79 Å². The first kappa shape index (κ1) is 11.7. The minimum absolute atomic E-state index is 0.537. The fourth-order valence-electron chi connectivity index (χ4n) is 1.26. The van der Waals surface area contributed by atoms with Crippen molar-refractivity contribution < 1.29 is 14.3 Å². The van der Waals surface area contributed by atoms with Crippen molar-refractivity contribution in [1.82, 2.24) is 0 Å². The number of hydrogen-bond acceptors (Lipinski definition) is 3. The maximum absolute atomic E-state index is 10.5. The number of rotatable bonds is 6. The van der Waals surface area contributed by atoms with Gasteiger partial charge in [-0.05, 0) is 37.6 Å². The molecular formula is C12H16O3. The second-order valence-electron chi connectivity index (χ2n) is 3.19. The van der Waals surface area contributed by atoms with Gasteiger partial charge in [-0.25, -0.2) is 0 Å². The first-order valence-corrected chi connectivity index (χ1v) is 5.04. The van der Waals surface area contributed by atoms with Gasteiger partial charge in [0.2, 0.25) is 0 Å². The third kappa shape index (κ3) is 3.72. The third-order valence-electron chi connectivity index (χ3n) is 2.02. The van der Waals surface area contributed by atoms with E-state index in [1.165, 1.54) is 0 Å². The van der Waals surface area contributed by atoms with E-state index in [0.29, 0.717) is 25.4 Å². The highest BCUT2D eigenvalue weighted by atomic mass is 16.5. The highest BCUT2D eigenvalue weighted by Gasteiger charge is 2.00. The summed E-state index contributed by atoms with van der Waals surface area (Å²) in [4.78, 5) is 10.5. The molecule has 0 aliphatic rings. The molecule has 3 heteroatoms. The summed E-state index contributed by atoms with van der Waals surface area (Å²) in [5, 5.41) is 0. The van der Waals surface area contributed by atoms with Gasteiger partial charge in [0.1, 0.15) is 18.6 Å². The van der Waals surface area contributed by atoms with E-state index >= 15 is 0 Å². The topological polar surface area (TPSA) is 35.5 Å². The lowest BCUT2D eigenvalue weighted by atomic mass is 10.1. The summed E-state index contributed by atoms with van der Waals surface area (Å²) in [7, 11) is 0. The number of aldehydes is 1. The number of carbonyl (C=O) groups is 1. The van der Waals surface area contributed by atoms with Crippen LogP contribution in [-0.2, 0) is 4.74 Å². The van der Waals surface area contributed by atoms with Gasteiger partial charge in [0.05, 0.1) is 6.61 Å². The highest BCUT2D eigenvalue weighted by Crippen LogP contribution is 2.18. The molecule has 0 saturated carbocycles. The van der Waals surface area contributed by atoms with Gasteiger partial charge in [-0.1, -0.05) is 0 Å². The van der Waals surface area contributed by atoms with E-state index in [4.69, 9.17) is 9.47 Å². The normalized spacial score (nSPS) is 10.0. The van der Waals surface area contributed by atoms with Crippen LogP contribution in [0.15, 0.2) is 18.2 Å². The maximum atomic E-state index is 10.5. The maximum Gasteiger partial charge on any atom is 0.150 e. The first-order valence-electron chi connectivity index (χ1n) is 5.04. The van der Waals surface area contributed by atoms with Crippen molar-refractivity contribution in [3.8, 4) is 5.75 Å². The van der Waals surface area contributed by atoms with Crippen molar-refractivity contribution in [2.45, 2.75) is 13.8 Å². The van der Waals surface area contributed by atoms with Crippen LogP contribution in [0.5, 0.6) is 5.75 Å². The Hall–Kier alpha value is -1.35. The number of ether oxygens (including phenoxy) is 2. The van der Waals surface area contributed by atoms with Gasteiger partial charge in [0, 0.05) is 12.2 Å². The molecule has 0 saturated heterocycles. The Morgan fingerprint density at radius 1 is 1.33 bits per heavy atom. The lowest BCUT2D eigenvalue weighted by Gasteiger charge is -2.09. The molecule has 0 radical (unpaired) electrons. The van der Waals surface area contributed by atoms with E-state index in [1.54, 1.807) is 6.07 Å². The quantitative estimate of drug-likeness (QED) is 0.531. The minimum Gasteiger partial charge on any atom is -0.491 e. The molecule has 0 unspecified atom stereocenters. The summed E-state index contributed by atoms with van der Waals surface area (Å²) in [6, 6.07) is 5.37. The van der Waals surface area contributed by atoms with Crippen LogP contribution in [0, 0.1) is 6.92 Å². The number of hydrogen-bond donors (Lipinski definition) is 0. The molecule has 0 aliphatic heterocycles. The minimum atomic E-state index is 0.537. The van der Waals surface area contributed by atoms with Crippen LogP contribution < -0.4 is 4.74 Å².